The van der Waals surface area contributed by atoms with Gasteiger partial charge < -0.3 is 0 Å². The van der Waals surface area contributed by atoms with Crippen molar-refractivity contribution in [3.8, 4) is 44.8 Å². The molecule has 0 unspecified atom stereocenters. The van der Waals surface area contributed by atoms with Crippen LogP contribution in [0.1, 0.15) is 11.1 Å². The Kier molecular flexibility index (Phi) is 7.16. The highest BCUT2D eigenvalue weighted by Crippen LogP contribution is 2.42. The molecule has 0 saturated carbocycles. The summed E-state index contributed by atoms with van der Waals surface area (Å²) in [5.41, 5.74) is 13.2. The Hall–Kier alpha value is -7.03. The van der Waals surface area contributed by atoms with Crippen molar-refractivity contribution in [2.45, 2.75) is 0 Å². The molecule has 248 valence electrons. The van der Waals surface area contributed by atoms with E-state index in [-0.39, 0.29) is 0 Å². The van der Waals surface area contributed by atoms with Gasteiger partial charge in [0.15, 0.2) is 0 Å². The molecule has 2 heterocycles. The van der Waals surface area contributed by atoms with Gasteiger partial charge in [0.1, 0.15) is 5.65 Å². The van der Waals surface area contributed by atoms with Gasteiger partial charge in [-0.05, 0) is 72.4 Å². The van der Waals surface area contributed by atoms with Gasteiger partial charge in [0, 0.05) is 21.9 Å². The summed E-state index contributed by atoms with van der Waals surface area (Å²) in [7, 11) is 0. The Morgan fingerprint density at radius 3 is 1.81 bits per heavy atom. The predicted octanol–water partition coefficient (Wildman–Crippen LogP) is 13.9. The molecule has 2 heteroatoms. The molecule has 2 aromatic heterocycles. The number of hydrogen-bond donors (Lipinski definition) is 0. The molecule has 0 spiro atoms. The van der Waals surface area contributed by atoms with Crippen LogP contribution in [0.15, 0.2) is 183 Å². The van der Waals surface area contributed by atoms with E-state index in [0.717, 1.165) is 61.5 Å². The largest absolute Gasteiger partial charge is 0.291 e. The Bertz CT molecular complexity index is 3060. The molecule has 0 radical (unpaired) electrons. The number of imidazole rings is 1. The van der Waals surface area contributed by atoms with Crippen LogP contribution in [0, 0.1) is 0 Å². The van der Waals surface area contributed by atoms with Crippen molar-refractivity contribution in [2.75, 3.05) is 0 Å². The highest BCUT2D eigenvalue weighted by atomic mass is 15.0. The first-order valence-corrected chi connectivity index (χ1v) is 18.0. The quantitative estimate of drug-likeness (QED) is 0.161. The van der Waals surface area contributed by atoms with Crippen molar-refractivity contribution in [3.63, 3.8) is 0 Å². The van der Waals surface area contributed by atoms with Crippen LogP contribution in [-0.2, 0) is 0 Å². The first-order chi connectivity index (χ1) is 26.2. The summed E-state index contributed by atoms with van der Waals surface area (Å²) < 4.78 is 2.41. The minimum Gasteiger partial charge on any atom is -0.291 e. The van der Waals surface area contributed by atoms with E-state index in [0.29, 0.717) is 0 Å². The summed E-state index contributed by atoms with van der Waals surface area (Å²) >= 11 is 0. The molecule has 0 aliphatic rings. The Morgan fingerprint density at radius 1 is 0.453 bits per heavy atom. The van der Waals surface area contributed by atoms with Crippen molar-refractivity contribution in [2.24, 2.45) is 0 Å². The fourth-order valence-corrected chi connectivity index (χ4v) is 8.24. The molecule has 10 aromatic rings. The fourth-order valence-electron chi connectivity index (χ4n) is 8.24. The predicted molar refractivity (Wildman–Crippen MR) is 227 cm³/mol. The monoisotopic (exact) mass is 674 g/mol. The van der Waals surface area contributed by atoms with Crippen LogP contribution in [0.5, 0.6) is 0 Å². The van der Waals surface area contributed by atoms with E-state index in [1.54, 1.807) is 0 Å². The number of fused-ring (bicyclic) bond motifs is 9. The van der Waals surface area contributed by atoms with Crippen LogP contribution in [0.25, 0.3) is 106 Å². The van der Waals surface area contributed by atoms with Gasteiger partial charge >= 0.3 is 0 Å². The minimum atomic E-state index is 0.961. The third kappa shape index (κ3) is 4.84. The molecule has 0 fully saturated rings. The zero-order valence-electron chi connectivity index (χ0n) is 29.1. The zero-order chi connectivity index (χ0) is 35.5. The minimum absolute atomic E-state index is 0.961. The summed E-state index contributed by atoms with van der Waals surface area (Å²) in [5.74, 6) is 0. The van der Waals surface area contributed by atoms with Crippen molar-refractivity contribution < 1.29 is 0 Å². The number of rotatable bonds is 6. The first kappa shape index (κ1) is 30.8. The molecule has 0 saturated heterocycles. The summed E-state index contributed by atoms with van der Waals surface area (Å²) in [6, 6.07) is 61.1. The highest BCUT2D eigenvalue weighted by Gasteiger charge is 2.22. The smallest absolute Gasteiger partial charge is 0.147 e. The lowest BCUT2D eigenvalue weighted by molar-refractivity contribution is 1.27. The standard InChI is InChI=1S/C51H34N2/c1-3-33-31-46(43-22-14-13-21-42(43)40(33)4-2)36-25-23-34(24-26-36)39-28-29-44-45-30-27-35-15-11-12-20-41(35)48(45)51-52-49(37-16-7-5-8-17-37)50(53(51)47(44)32-39)38-18-9-6-10-19-38/h3-32H,1-2H2. The van der Waals surface area contributed by atoms with E-state index in [1.165, 1.54) is 43.3 Å². The van der Waals surface area contributed by atoms with Crippen molar-refractivity contribution in [1.29, 1.82) is 0 Å². The molecule has 8 aromatic carbocycles. The van der Waals surface area contributed by atoms with Gasteiger partial charge in [-0.25, -0.2) is 4.98 Å². The molecular formula is C51H34N2. The van der Waals surface area contributed by atoms with E-state index in [4.69, 9.17) is 4.98 Å². The number of nitrogens with zero attached hydrogens (tertiary/aromatic N) is 2. The molecule has 53 heavy (non-hydrogen) atoms. The van der Waals surface area contributed by atoms with E-state index >= 15 is 0 Å². The van der Waals surface area contributed by atoms with Gasteiger partial charge in [0.25, 0.3) is 0 Å². The fraction of sp³-hybridized carbons (Fsp3) is 0. The second kappa shape index (κ2) is 12.3. The normalized spacial score (nSPS) is 11.5. The maximum Gasteiger partial charge on any atom is 0.147 e. The Balaban J connectivity index is 1.24. The van der Waals surface area contributed by atoms with Crippen LogP contribution in [-0.4, -0.2) is 9.38 Å². The summed E-state index contributed by atoms with van der Waals surface area (Å²) in [4.78, 5) is 5.54. The highest BCUT2D eigenvalue weighted by molar-refractivity contribution is 6.23. The number of pyridine rings is 1. The van der Waals surface area contributed by atoms with Gasteiger partial charge in [-0.2, -0.15) is 0 Å². The summed E-state index contributed by atoms with van der Waals surface area (Å²) in [6.07, 6.45) is 3.85. The lowest BCUT2D eigenvalue weighted by atomic mass is 9.90. The zero-order valence-corrected chi connectivity index (χ0v) is 29.1. The lowest BCUT2D eigenvalue weighted by Crippen LogP contribution is -1.96. The molecule has 0 aliphatic carbocycles. The molecular weight excluding hydrogens is 641 g/mol. The summed E-state index contributed by atoms with van der Waals surface area (Å²) in [6.45, 7) is 8.20. The Morgan fingerprint density at radius 2 is 1.08 bits per heavy atom. The third-order valence-electron chi connectivity index (χ3n) is 10.7. The molecule has 2 nitrogen and oxygen atoms in total. The lowest BCUT2D eigenvalue weighted by Gasteiger charge is -2.15. The van der Waals surface area contributed by atoms with Crippen molar-refractivity contribution in [1.82, 2.24) is 9.38 Å². The van der Waals surface area contributed by atoms with E-state index < -0.39 is 0 Å². The van der Waals surface area contributed by atoms with Crippen LogP contribution < -0.4 is 0 Å². The Labute approximate surface area is 308 Å². The van der Waals surface area contributed by atoms with Crippen LogP contribution in [0.4, 0.5) is 0 Å². The van der Waals surface area contributed by atoms with Gasteiger partial charge in [-0.15, -0.1) is 0 Å². The number of benzene rings is 8. The topological polar surface area (TPSA) is 17.3 Å². The molecule has 0 bridgehead atoms. The van der Waals surface area contributed by atoms with E-state index in [1.807, 2.05) is 12.2 Å². The summed E-state index contributed by atoms with van der Waals surface area (Å²) in [5, 5.41) is 8.35. The van der Waals surface area contributed by atoms with Crippen LogP contribution in [0.3, 0.4) is 0 Å². The third-order valence-corrected chi connectivity index (χ3v) is 10.7. The molecule has 10 rings (SSSR count). The van der Waals surface area contributed by atoms with E-state index in [9.17, 15) is 0 Å². The SMILES string of the molecule is C=Cc1cc(-c2ccc(-c3ccc4c5ccc6ccccc6c5c5nc(-c6ccccc6)c(-c6ccccc6)n5c4c3)cc2)c2ccccc2c1C=C. The van der Waals surface area contributed by atoms with Gasteiger partial charge in [0.2, 0.25) is 0 Å². The average Bonchev–Trinajstić information content (AvgIpc) is 3.64. The number of hydrogen-bond acceptors (Lipinski definition) is 1. The van der Waals surface area contributed by atoms with Gasteiger partial charge in [-0.1, -0.05) is 183 Å². The van der Waals surface area contributed by atoms with E-state index in [2.05, 4.69) is 187 Å². The van der Waals surface area contributed by atoms with Crippen molar-refractivity contribution in [3.05, 3.63) is 194 Å². The molecule has 0 amide bonds. The molecule has 0 N–H and O–H groups in total. The molecule has 0 atom stereocenters. The van der Waals surface area contributed by atoms with Gasteiger partial charge in [0.05, 0.1) is 16.9 Å². The maximum absolute atomic E-state index is 5.54. The second-order valence-electron chi connectivity index (χ2n) is 13.6. The van der Waals surface area contributed by atoms with Crippen LogP contribution in [0.2, 0.25) is 0 Å². The van der Waals surface area contributed by atoms with Crippen molar-refractivity contribution >= 4 is 61.0 Å². The van der Waals surface area contributed by atoms with Crippen LogP contribution >= 0.6 is 0 Å². The maximum atomic E-state index is 5.54. The second-order valence-corrected chi connectivity index (χ2v) is 13.6. The van der Waals surface area contributed by atoms with Gasteiger partial charge in [-0.3, -0.25) is 4.40 Å². The number of aromatic nitrogens is 2. The molecule has 0 aliphatic heterocycles. The average molecular weight is 675 g/mol. The first-order valence-electron chi connectivity index (χ1n) is 18.0.